The molecule has 166 valence electrons. The molecule has 0 aliphatic carbocycles. The molecular formula is C24H25FN4O2S. The number of rotatable bonds is 5. The Morgan fingerprint density at radius 3 is 2.72 bits per heavy atom. The molecule has 1 aliphatic rings. The topological polar surface area (TPSA) is 68.2 Å². The molecular weight excluding hydrogens is 427 g/mol. The number of anilines is 1. The number of hydrogen-bond donors (Lipinski definition) is 0. The van der Waals surface area contributed by atoms with Gasteiger partial charge < -0.3 is 4.74 Å². The van der Waals surface area contributed by atoms with Crippen molar-refractivity contribution in [2.75, 3.05) is 10.7 Å². The van der Waals surface area contributed by atoms with Crippen LogP contribution >= 0.6 is 11.8 Å². The van der Waals surface area contributed by atoms with Gasteiger partial charge in [0.2, 0.25) is 23.2 Å². The second-order valence-electron chi connectivity index (χ2n) is 7.81. The number of aromatic nitrogens is 3. The zero-order valence-corrected chi connectivity index (χ0v) is 19.4. The summed E-state index contributed by atoms with van der Waals surface area (Å²) in [5, 5.41) is 9.22. The standard InChI is InChI=1S/C24H25FN4O2S/c1-5-6-11-32-24-26-22-20(27-28-24)18-13-14(2)12-15(3)21(18)29(16(4)30)23(31-22)17-9-7-8-10-19(17)25/h7-10,12-13,23H,5-6,11H2,1-4H3/t23-/m1/s1. The van der Waals surface area contributed by atoms with E-state index in [1.165, 1.54) is 29.7 Å². The molecule has 1 aliphatic heterocycles. The highest BCUT2D eigenvalue weighted by Crippen LogP contribution is 2.45. The maximum atomic E-state index is 14.9. The number of amides is 1. The molecule has 0 N–H and O–H groups in total. The number of halogens is 1. The molecule has 4 rings (SSSR count). The van der Waals surface area contributed by atoms with E-state index >= 15 is 0 Å². The summed E-state index contributed by atoms with van der Waals surface area (Å²) >= 11 is 1.50. The van der Waals surface area contributed by atoms with Crippen molar-refractivity contribution in [1.82, 2.24) is 15.2 Å². The van der Waals surface area contributed by atoms with E-state index in [2.05, 4.69) is 22.1 Å². The highest BCUT2D eigenvalue weighted by Gasteiger charge is 2.37. The summed E-state index contributed by atoms with van der Waals surface area (Å²) in [4.78, 5) is 19.0. The fourth-order valence-electron chi connectivity index (χ4n) is 3.85. The minimum atomic E-state index is -1.03. The van der Waals surface area contributed by atoms with Crippen molar-refractivity contribution < 1.29 is 13.9 Å². The molecule has 1 aromatic heterocycles. The maximum absolute atomic E-state index is 14.9. The van der Waals surface area contributed by atoms with E-state index in [0.29, 0.717) is 22.1 Å². The molecule has 2 aromatic carbocycles. The monoisotopic (exact) mass is 452 g/mol. The lowest BCUT2D eigenvalue weighted by molar-refractivity contribution is -0.118. The van der Waals surface area contributed by atoms with Crippen LogP contribution in [0.3, 0.4) is 0 Å². The fraction of sp³-hybridized carbons (Fsp3) is 0.333. The van der Waals surface area contributed by atoms with Crippen LogP contribution in [0.4, 0.5) is 10.1 Å². The van der Waals surface area contributed by atoms with E-state index in [1.54, 1.807) is 18.2 Å². The molecule has 0 unspecified atom stereocenters. The Labute approximate surface area is 191 Å². The smallest absolute Gasteiger partial charge is 0.247 e. The first-order valence-electron chi connectivity index (χ1n) is 10.6. The predicted molar refractivity (Wildman–Crippen MR) is 123 cm³/mol. The summed E-state index contributed by atoms with van der Waals surface area (Å²) in [6.45, 7) is 7.46. The van der Waals surface area contributed by atoms with Gasteiger partial charge in [0.15, 0.2) is 5.69 Å². The van der Waals surface area contributed by atoms with Gasteiger partial charge in [-0.2, -0.15) is 4.98 Å². The first kappa shape index (κ1) is 22.2. The van der Waals surface area contributed by atoms with Crippen LogP contribution in [-0.4, -0.2) is 26.8 Å². The van der Waals surface area contributed by atoms with E-state index in [1.807, 2.05) is 26.0 Å². The Hall–Kier alpha value is -3.00. The normalized spacial score (nSPS) is 14.9. The SMILES string of the molecule is CCCCSc1nnc2c(n1)O[C@H](c1ccccc1F)N(C(C)=O)c1c(C)cc(C)cc1-2. The molecule has 1 atom stereocenters. The number of thioether (sulfide) groups is 1. The van der Waals surface area contributed by atoms with Crippen molar-refractivity contribution in [2.45, 2.75) is 51.9 Å². The third-order valence-electron chi connectivity index (χ3n) is 5.27. The number of fused-ring (bicyclic) bond motifs is 3. The van der Waals surface area contributed by atoms with Crippen molar-refractivity contribution in [3.63, 3.8) is 0 Å². The number of benzene rings is 2. The summed E-state index contributed by atoms with van der Waals surface area (Å²) in [5.41, 5.74) is 3.87. The quantitative estimate of drug-likeness (QED) is 0.369. The van der Waals surface area contributed by atoms with Crippen molar-refractivity contribution >= 4 is 23.4 Å². The lowest BCUT2D eigenvalue weighted by Gasteiger charge is -2.31. The number of unbranched alkanes of at least 4 members (excludes halogenated alkanes) is 1. The van der Waals surface area contributed by atoms with Crippen molar-refractivity contribution in [3.8, 4) is 17.1 Å². The second kappa shape index (κ2) is 9.24. The third-order valence-corrected chi connectivity index (χ3v) is 6.20. The molecule has 32 heavy (non-hydrogen) atoms. The molecule has 0 saturated carbocycles. The van der Waals surface area contributed by atoms with Crippen LogP contribution in [0, 0.1) is 19.7 Å². The number of nitrogens with zero attached hydrogens (tertiary/aromatic N) is 4. The molecule has 0 spiro atoms. The molecule has 6 nitrogen and oxygen atoms in total. The Morgan fingerprint density at radius 1 is 1.22 bits per heavy atom. The molecule has 2 heterocycles. The summed E-state index contributed by atoms with van der Waals surface area (Å²) in [6.07, 6.45) is 1.07. The average molecular weight is 453 g/mol. The maximum Gasteiger partial charge on any atom is 0.247 e. The molecule has 8 heteroatoms. The third kappa shape index (κ3) is 4.19. The number of aryl methyl sites for hydroxylation is 2. The first-order valence-corrected chi connectivity index (χ1v) is 11.6. The summed E-state index contributed by atoms with van der Waals surface area (Å²) in [7, 11) is 0. The van der Waals surface area contributed by atoms with Crippen LogP contribution in [0.15, 0.2) is 41.6 Å². The molecule has 0 fully saturated rings. The fourth-order valence-corrected chi connectivity index (χ4v) is 4.72. The second-order valence-corrected chi connectivity index (χ2v) is 8.87. The predicted octanol–water partition coefficient (Wildman–Crippen LogP) is 5.63. The van der Waals surface area contributed by atoms with Gasteiger partial charge in [0.05, 0.1) is 5.69 Å². The first-order chi connectivity index (χ1) is 15.4. The summed E-state index contributed by atoms with van der Waals surface area (Å²) in [5.74, 6) is 0.368. The van der Waals surface area contributed by atoms with Crippen LogP contribution in [0.5, 0.6) is 5.88 Å². The Balaban J connectivity index is 1.94. The van der Waals surface area contributed by atoms with Crippen molar-refractivity contribution in [1.29, 1.82) is 0 Å². The van der Waals surface area contributed by atoms with Crippen molar-refractivity contribution in [3.05, 3.63) is 58.9 Å². The Kier molecular flexibility index (Phi) is 6.41. The van der Waals surface area contributed by atoms with E-state index in [-0.39, 0.29) is 17.4 Å². The van der Waals surface area contributed by atoms with Gasteiger partial charge in [-0.05, 0) is 38.0 Å². The van der Waals surface area contributed by atoms with Gasteiger partial charge in [-0.15, -0.1) is 10.2 Å². The summed E-state index contributed by atoms with van der Waals surface area (Å²) < 4.78 is 21.1. The lowest BCUT2D eigenvalue weighted by atomic mass is 10.00. The number of ether oxygens (including phenoxy) is 1. The molecule has 0 radical (unpaired) electrons. The van der Waals surface area contributed by atoms with Gasteiger partial charge in [0, 0.05) is 23.8 Å². The van der Waals surface area contributed by atoms with Gasteiger partial charge in [-0.1, -0.05) is 54.9 Å². The number of carbonyl (C=O) groups is 1. The van der Waals surface area contributed by atoms with E-state index in [9.17, 15) is 9.18 Å². The van der Waals surface area contributed by atoms with Crippen molar-refractivity contribution in [2.24, 2.45) is 0 Å². The largest absolute Gasteiger partial charge is 0.447 e. The van der Waals surface area contributed by atoms with Crippen LogP contribution in [0.25, 0.3) is 11.3 Å². The van der Waals surface area contributed by atoms with Gasteiger partial charge in [-0.25, -0.2) is 4.39 Å². The van der Waals surface area contributed by atoms with Crippen LogP contribution in [0.2, 0.25) is 0 Å². The van der Waals surface area contributed by atoms with E-state index in [4.69, 9.17) is 4.74 Å². The van der Waals surface area contributed by atoms with E-state index < -0.39 is 12.0 Å². The molecule has 0 saturated heterocycles. The average Bonchev–Trinajstić information content (AvgIpc) is 2.89. The van der Waals surface area contributed by atoms with Gasteiger partial charge >= 0.3 is 0 Å². The van der Waals surface area contributed by atoms with Gasteiger partial charge in [-0.3, -0.25) is 9.69 Å². The Bertz CT molecular complexity index is 1170. The Morgan fingerprint density at radius 2 is 2.00 bits per heavy atom. The van der Waals surface area contributed by atoms with Crippen LogP contribution in [-0.2, 0) is 4.79 Å². The summed E-state index contributed by atoms with van der Waals surface area (Å²) in [6, 6.07) is 10.2. The van der Waals surface area contributed by atoms with Crippen LogP contribution < -0.4 is 9.64 Å². The van der Waals surface area contributed by atoms with Gasteiger partial charge in [0.25, 0.3) is 0 Å². The number of hydrogen-bond acceptors (Lipinski definition) is 6. The highest BCUT2D eigenvalue weighted by atomic mass is 32.2. The number of carbonyl (C=O) groups excluding carboxylic acids is 1. The van der Waals surface area contributed by atoms with Crippen LogP contribution in [0.1, 0.15) is 49.6 Å². The minimum Gasteiger partial charge on any atom is -0.447 e. The highest BCUT2D eigenvalue weighted by molar-refractivity contribution is 7.99. The minimum absolute atomic E-state index is 0.238. The zero-order chi connectivity index (χ0) is 22.8. The van der Waals surface area contributed by atoms with Gasteiger partial charge in [0.1, 0.15) is 5.82 Å². The molecule has 0 bridgehead atoms. The molecule has 1 amide bonds. The van der Waals surface area contributed by atoms with E-state index in [0.717, 1.165) is 29.7 Å². The zero-order valence-electron chi connectivity index (χ0n) is 18.6. The molecule has 3 aromatic rings. The lowest BCUT2D eigenvalue weighted by Crippen LogP contribution is -2.37.